The third-order valence-electron chi connectivity index (χ3n) is 3.09. The second kappa shape index (κ2) is 5.11. The topological polar surface area (TPSA) is 69.6 Å². The van der Waals surface area contributed by atoms with Gasteiger partial charge in [0.15, 0.2) is 0 Å². The number of carbonyl (C=O) groups is 2. The lowest BCUT2D eigenvalue weighted by molar-refractivity contribution is -0.148. The van der Waals surface area contributed by atoms with Crippen LogP contribution in [0.1, 0.15) is 19.3 Å². The van der Waals surface area contributed by atoms with Crippen LogP contribution in [0.25, 0.3) is 0 Å². The predicted molar refractivity (Wildman–Crippen MR) is 55.5 cm³/mol. The maximum atomic E-state index is 11.0. The highest BCUT2D eigenvalue weighted by Gasteiger charge is 2.38. The quantitative estimate of drug-likeness (QED) is 0.671. The first-order valence-electron chi connectivity index (χ1n) is 5.20. The fraction of sp³-hybridized carbons (Fsp3) is 0.800. The van der Waals surface area contributed by atoms with Crippen LogP contribution in [-0.4, -0.2) is 48.6 Å². The lowest BCUT2D eigenvalue weighted by Crippen LogP contribution is -2.49. The minimum absolute atomic E-state index is 0.00644. The van der Waals surface area contributed by atoms with E-state index < -0.39 is 5.97 Å². The van der Waals surface area contributed by atoms with Crippen LogP contribution >= 0.6 is 0 Å². The molecule has 5 nitrogen and oxygen atoms in total. The summed E-state index contributed by atoms with van der Waals surface area (Å²) in [7, 11) is 3.48. The van der Waals surface area contributed by atoms with E-state index in [-0.39, 0.29) is 17.9 Å². The average molecular weight is 214 g/mol. The van der Waals surface area contributed by atoms with E-state index in [9.17, 15) is 9.59 Å². The van der Waals surface area contributed by atoms with Crippen LogP contribution in [0.15, 0.2) is 0 Å². The summed E-state index contributed by atoms with van der Waals surface area (Å²) >= 11 is 0. The molecule has 1 saturated carbocycles. The number of rotatable bonds is 5. The molecule has 1 fully saturated rings. The van der Waals surface area contributed by atoms with Crippen LogP contribution in [0.2, 0.25) is 0 Å². The smallest absolute Gasteiger partial charge is 0.308 e. The van der Waals surface area contributed by atoms with E-state index in [1.807, 2.05) is 11.9 Å². The van der Waals surface area contributed by atoms with Gasteiger partial charge in [-0.15, -0.1) is 0 Å². The molecular weight excluding hydrogens is 196 g/mol. The van der Waals surface area contributed by atoms with Gasteiger partial charge in [-0.1, -0.05) is 0 Å². The number of nitrogens with zero attached hydrogens (tertiary/aromatic N) is 1. The molecule has 0 radical (unpaired) electrons. The van der Waals surface area contributed by atoms with Crippen LogP contribution in [0.5, 0.6) is 0 Å². The van der Waals surface area contributed by atoms with Gasteiger partial charge < -0.3 is 15.3 Å². The summed E-state index contributed by atoms with van der Waals surface area (Å²) in [6.45, 7) is 0.619. The molecule has 0 bridgehead atoms. The third kappa shape index (κ3) is 2.92. The second-order valence-corrected chi connectivity index (χ2v) is 3.99. The van der Waals surface area contributed by atoms with Gasteiger partial charge in [0.05, 0.1) is 5.92 Å². The molecule has 2 unspecified atom stereocenters. The molecule has 0 aromatic rings. The molecular formula is C10H18N2O3. The zero-order valence-corrected chi connectivity index (χ0v) is 9.19. The fourth-order valence-electron chi connectivity index (χ4n) is 1.87. The minimum atomic E-state index is -0.724. The van der Waals surface area contributed by atoms with Crippen molar-refractivity contribution in [3.63, 3.8) is 0 Å². The molecule has 2 atom stereocenters. The average Bonchev–Trinajstić information content (AvgIpc) is 2.11. The van der Waals surface area contributed by atoms with Gasteiger partial charge in [0.1, 0.15) is 0 Å². The Morgan fingerprint density at radius 2 is 2.13 bits per heavy atom. The van der Waals surface area contributed by atoms with E-state index in [1.165, 1.54) is 0 Å². The van der Waals surface area contributed by atoms with E-state index in [0.717, 1.165) is 12.8 Å². The zero-order chi connectivity index (χ0) is 11.4. The first kappa shape index (κ1) is 12.0. The van der Waals surface area contributed by atoms with Gasteiger partial charge in [0, 0.05) is 26.1 Å². The first-order valence-corrected chi connectivity index (χ1v) is 5.20. The molecule has 0 aromatic carbocycles. The summed E-state index contributed by atoms with van der Waals surface area (Å²) in [5, 5.41) is 11.4. The second-order valence-electron chi connectivity index (χ2n) is 3.99. The van der Waals surface area contributed by atoms with Crippen LogP contribution in [0.3, 0.4) is 0 Å². The van der Waals surface area contributed by atoms with Gasteiger partial charge in [0.2, 0.25) is 5.91 Å². The molecule has 15 heavy (non-hydrogen) atoms. The van der Waals surface area contributed by atoms with Crippen molar-refractivity contribution >= 4 is 11.9 Å². The largest absolute Gasteiger partial charge is 0.481 e. The van der Waals surface area contributed by atoms with Gasteiger partial charge in [0.25, 0.3) is 0 Å². The number of carboxylic acids is 1. The Morgan fingerprint density at radius 1 is 1.47 bits per heavy atom. The number of aliphatic carboxylic acids is 1. The van der Waals surface area contributed by atoms with Crippen LogP contribution in [-0.2, 0) is 9.59 Å². The molecule has 1 rings (SSSR count). The van der Waals surface area contributed by atoms with Gasteiger partial charge in [-0.2, -0.15) is 0 Å². The number of amides is 1. The molecule has 0 saturated heterocycles. The molecule has 0 heterocycles. The first-order chi connectivity index (χ1) is 7.06. The van der Waals surface area contributed by atoms with E-state index in [0.29, 0.717) is 13.0 Å². The molecule has 1 aliphatic carbocycles. The van der Waals surface area contributed by atoms with Gasteiger partial charge in [-0.25, -0.2) is 0 Å². The van der Waals surface area contributed by atoms with E-state index in [4.69, 9.17) is 5.11 Å². The van der Waals surface area contributed by atoms with Crippen molar-refractivity contribution in [3.8, 4) is 0 Å². The van der Waals surface area contributed by atoms with Gasteiger partial charge in [-0.3, -0.25) is 9.59 Å². The lowest BCUT2D eigenvalue weighted by Gasteiger charge is -2.40. The Bertz CT molecular complexity index is 255. The summed E-state index contributed by atoms with van der Waals surface area (Å²) in [6, 6.07) is 0.104. The van der Waals surface area contributed by atoms with E-state index >= 15 is 0 Å². The normalized spacial score (nSPS) is 24.7. The van der Waals surface area contributed by atoms with Crippen LogP contribution < -0.4 is 5.32 Å². The molecule has 0 spiro atoms. The molecule has 0 aliphatic heterocycles. The monoisotopic (exact) mass is 214 g/mol. The molecule has 86 valence electrons. The number of carboxylic acid groups (broad SMARTS) is 1. The van der Waals surface area contributed by atoms with Crippen molar-refractivity contribution in [1.29, 1.82) is 0 Å². The van der Waals surface area contributed by atoms with Crippen molar-refractivity contribution in [1.82, 2.24) is 10.2 Å². The molecule has 2 N–H and O–H groups in total. The van der Waals surface area contributed by atoms with Crippen LogP contribution in [0, 0.1) is 5.92 Å². The third-order valence-corrected chi connectivity index (χ3v) is 3.09. The Hall–Kier alpha value is -1.10. The maximum absolute atomic E-state index is 11.0. The van der Waals surface area contributed by atoms with Crippen molar-refractivity contribution in [2.75, 3.05) is 20.6 Å². The van der Waals surface area contributed by atoms with Crippen molar-refractivity contribution in [2.24, 2.45) is 5.92 Å². The van der Waals surface area contributed by atoms with Crippen molar-refractivity contribution in [3.05, 3.63) is 0 Å². The van der Waals surface area contributed by atoms with Crippen molar-refractivity contribution < 1.29 is 14.7 Å². The maximum Gasteiger partial charge on any atom is 0.308 e. The van der Waals surface area contributed by atoms with E-state index in [1.54, 1.807) is 7.05 Å². The Labute approximate surface area is 89.4 Å². The number of hydrogen-bond acceptors (Lipinski definition) is 3. The minimum Gasteiger partial charge on any atom is -0.481 e. The molecule has 5 heteroatoms. The van der Waals surface area contributed by atoms with Gasteiger partial charge in [-0.05, 0) is 19.9 Å². The summed E-state index contributed by atoms with van der Waals surface area (Å²) in [4.78, 5) is 23.8. The number of nitrogens with one attached hydrogen (secondary N) is 1. The standard InChI is InChI=1S/C10H18N2O3/c1-11-9(13)5-6-12(2)8-4-3-7(8)10(14)15/h7-8H,3-6H2,1-2H3,(H,11,13)(H,14,15). The Morgan fingerprint density at radius 3 is 2.53 bits per heavy atom. The molecule has 0 aromatic heterocycles. The van der Waals surface area contributed by atoms with E-state index in [2.05, 4.69) is 5.32 Å². The van der Waals surface area contributed by atoms with Crippen LogP contribution in [0.4, 0.5) is 0 Å². The number of hydrogen-bond donors (Lipinski definition) is 2. The number of carbonyl (C=O) groups excluding carboxylic acids is 1. The van der Waals surface area contributed by atoms with Gasteiger partial charge >= 0.3 is 5.97 Å². The fourth-order valence-corrected chi connectivity index (χ4v) is 1.87. The Kier molecular flexibility index (Phi) is 4.08. The highest BCUT2D eigenvalue weighted by molar-refractivity contribution is 5.75. The molecule has 1 aliphatic rings. The zero-order valence-electron chi connectivity index (χ0n) is 9.19. The highest BCUT2D eigenvalue weighted by Crippen LogP contribution is 2.31. The lowest BCUT2D eigenvalue weighted by atomic mass is 9.78. The SMILES string of the molecule is CNC(=O)CCN(C)C1CCC1C(=O)O. The highest BCUT2D eigenvalue weighted by atomic mass is 16.4. The summed E-state index contributed by atoms with van der Waals surface area (Å²) in [5.74, 6) is -0.981. The summed E-state index contributed by atoms with van der Waals surface area (Å²) < 4.78 is 0. The van der Waals surface area contributed by atoms with Crippen molar-refractivity contribution in [2.45, 2.75) is 25.3 Å². The molecule has 1 amide bonds. The Balaban J connectivity index is 2.31. The summed E-state index contributed by atoms with van der Waals surface area (Å²) in [6.07, 6.45) is 2.10. The predicted octanol–water partition coefficient (Wildman–Crippen LogP) is -0.0825. The summed E-state index contributed by atoms with van der Waals surface area (Å²) in [5.41, 5.74) is 0.